The van der Waals surface area contributed by atoms with Crippen molar-refractivity contribution in [1.29, 1.82) is 0 Å². The smallest absolute Gasteiger partial charge is 0.261 e. The van der Waals surface area contributed by atoms with Crippen molar-refractivity contribution < 1.29 is 9.53 Å². The van der Waals surface area contributed by atoms with E-state index >= 15 is 0 Å². The molecule has 0 radical (unpaired) electrons. The molecule has 0 unspecified atom stereocenters. The number of halogens is 1. The Morgan fingerprint density at radius 3 is 2.76 bits per heavy atom. The van der Waals surface area contributed by atoms with Crippen molar-refractivity contribution in [3.63, 3.8) is 0 Å². The minimum atomic E-state index is -0.324. The van der Waals surface area contributed by atoms with Crippen molar-refractivity contribution in [2.24, 2.45) is 0 Å². The standard InChI is InChI=1S/C31H32ClN3O3/c1-20-11-12-22-16-24(29(33-28(22)15-20)23-8-5-9-25(32)17-23)19-35(13-6-14-38-2)31(37)26-18-21-7-3-4-10-27(21)34-30(26)36/h5,8-9,11-12,15-18H,3-4,6-7,10,13-14,19H2,1-2H3,(H,34,36). The lowest BCUT2D eigenvalue weighted by atomic mass is 9.94. The Morgan fingerprint density at radius 2 is 1.95 bits per heavy atom. The van der Waals surface area contributed by atoms with Crippen LogP contribution in [-0.2, 0) is 24.1 Å². The van der Waals surface area contributed by atoms with Gasteiger partial charge in [0.1, 0.15) is 5.56 Å². The molecule has 1 amide bonds. The Bertz CT molecular complexity index is 1550. The number of fused-ring (bicyclic) bond motifs is 2. The van der Waals surface area contributed by atoms with Crippen LogP contribution in [0.3, 0.4) is 0 Å². The third-order valence-electron chi connectivity index (χ3n) is 7.14. The number of rotatable bonds is 8. The molecule has 0 fully saturated rings. The molecule has 5 rings (SSSR count). The van der Waals surface area contributed by atoms with Crippen LogP contribution in [0.25, 0.3) is 22.2 Å². The Kier molecular flexibility index (Phi) is 7.91. The lowest BCUT2D eigenvalue weighted by molar-refractivity contribution is 0.0722. The molecule has 1 aliphatic carbocycles. The van der Waals surface area contributed by atoms with Crippen molar-refractivity contribution in [3.05, 3.63) is 97.9 Å². The lowest BCUT2D eigenvalue weighted by Gasteiger charge is -2.25. The number of aromatic amines is 1. The second kappa shape index (κ2) is 11.5. The summed E-state index contributed by atoms with van der Waals surface area (Å²) in [5.74, 6) is -0.281. The molecule has 4 aromatic rings. The molecular formula is C31H32ClN3O3. The van der Waals surface area contributed by atoms with E-state index in [1.807, 2.05) is 37.3 Å². The van der Waals surface area contributed by atoms with Crippen LogP contribution in [0.5, 0.6) is 0 Å². The van der Waals surface area contributed by atoms with Crippen LogP contribution >= 0.6 is 11.6 Å². The van der Waals surface area contributed by atoms with E-state index in [9.17, 15) is 9.59 Å². The predicted octanol–water partition coefficient (Wildman–Crippen LogP) is 6.11. The maximum Gasteiger partial charge on any atom is 0.261 e. The summed E-state index contributed by atoms with van der Waals surface area (Å²) in [6.07, 6.45) is 4.50. The molecule has 7 heteroatoms. The van der Waals surface area contributed by atoms with Crippen LogP contribution in [0.2, 0.25) is 5.02 Å². The van der Waals surface area contributed by atoms with Crippen molar-refractivity contribution in [2.45, 2.75) is 45.6 Å². The Balaban J connectivity index is 1.58. The van der Waals surface area contributed by atoms with Crippen LogP contribution < -0.4 is 5.56 Å². The number of methoxy groups -OCH3 is 1. The van der Waals surface area contributed by atoms with E-state index in [0.717, 1.165) is 70.2 Å². The quantitative estimate of drug-likeness (QED) is 0.279. The minimum absolute atomic E-state index is 0.191. The summed E-state index contributed by atoms with van der Waals surface area (Å²) in [5, 5.41) is 1.61. The van der Waals surface area contributed by atoms with Gasteiger partial charge in [0.25, 0.3) is 11.5 Å². The normalized spacial score (nSPS) is 12.9. The Hall–Kier alpha value is -3.48. The molecule has 0 atom stereocenters. The van der Waals surface area contributed by atoms with Crippen LogP contribution in [0.15, 0.2) is 59.4 Å². The zero-order chi connectivity index (χ0) is 26.6. The number of H-pyrrole nitrogens is 1. The van der Waals surface area contributed by atoms with Crippen LogP contribution in [-0.4, -0.2) is 41.0 Å². The van der Waals surface area contributed by atoms with Gasteiger partial charge in [0, 0.05) is 48.5 Å². The molecule has 0 saturated heterocycles. The number of ether oxygens (including phenoxy) is 1. The van der Waals surface area contributed by atoms with Gasteiger partial charge in [0.05, 0.1) is 11.2 Å². The number of nitrogens with zero attached hydrogens (tertiary/aromatic N) is 2. The first-order valence-electron chi connectivity index (χ1n) is 13.1. The highest BCUT2D eigenvalue weighted by Crippen LogP contribution is 2.29. The lowest BCUT2D eigenvalue weighted by Crippen LogP contribution is -2.36. The summed E-state index contributed by atoms with van der Waals surface area (Å²) in [6.45, 7) is 3.31. The molecule has 0 saturated carbocycles. The number of carbonyl (C=O) groups is 1. The van der Waals surface area contributed by atoms with Gasteiger partial charge in [-0.05, 0) is 86.1 Å². The number of hydrogen-bond acceptors (Lipinski definition) is 4. The van der Waals surface area contributed by atoms with Gasteiger partial charge in [-0.15, -0.1) is 0 Å². The van der Waals surface area contributed by atoms with E-state index in [2.05, 4.69) is 23.2 Å². The predicted molar refractivity (Wildman–Crippen MR) is 152 cm³/mol. The number of aryl methyl sites for hydroxylation is 3. The highest BCUT2D eigenvalue weighted by atomic mass is 35.5. The van der Waals surface area contributed by atoms with E-state index in [-0.39, 0.29) is 17.0 Å². The molecule has 2 aromatic heterocycles. The summed E-state index contributed by atoms with van der Waals surface area (Å²) in [6, 6.07) is 17.7. The van der Waals surface area contributed by atoms with Gasteiger partial charge in [0.15, 0.2) is 0 Å². The van der Waals surface area contributed by atoms with Gasteiger partial charge < -0.3 is 14.6 Å². The van der Waals surface area contributed by atoms with Crippen molar-refractivity contribution in [3.8, 4) is 11.3 Å². The van der Waals surface area contributed by atoms with E-state index in [0.29, 0.717) is 31.1 Å². The van der Waals surface area contributed by atoms with Crippen molar-refractivity contribution in [2.75, 3.05) is 20.3 Å². The fourth-order valence-corrected chi connectivity index (χ4v) is 5.38. The first-order valence-corrected chi connectivity index (χ1v) is 13.5. The summed E-state index contributed by atoms with van der Waals surface area (Å²) < 4.78 is 5.27. The van der Waals surface area contributed by atoms with E-state index < -0.39 is 0 Å². The number of hydrogen-bond donors (Lipinski definition) is 1. The minimum Gasteiger partial charge on any atom is -0.385 e. The number of nitrogens with one attached hydrogen (secondary N) is 1. The van der Waals surface area contributed by atoms with Gasteiger partial charge in [-0.1, -0.05) is 35.9 Å². The zero-order valence-electron chi connectivity index (χ0n) is 21.9. The molecular weight excluding hydrogens is 498 g/mol. The molecule has 1 aliphatic rings. The molecule has 0 aliphatic heterocycles. The second-order valence-electron chi connectivity index (χ2n) is 10.00. The van der Waals surface area contributed by atoms with Crippen molar-refractivity contribution >= 4 is 28.4 Å². The molecule has 0 spiro atoms. The van der Waals surface area contributed by atoms with Crippen LogP contribution in [0.1, 0.15) is 52.0 Å². The van der Waals surface area contributed by atoms with Gasteiger partial charge in [-0.3, -0.25) is 9.59 Å². The molecule has 1 N–H and O–H groups in total. The zero-order valence-corrected chi connectivity index (χ0v) is 22.6. The average molecular weight is 530 g/mol. The summed E-state index contributed by atoms with van der Waals surface area (Å²) in [7, 11) is 1.65. The van der Waals surface area contributed by atoms with Crippen LogP contribution in [0.4, 0.5) is 0 Å². The van der Waals surface area contributed by atoms with Crippen molar-refractivity contribution in [1.82, 2.24) is 14.9 Å². The average Bonchev–Trinajstić information content (AvgIpc) is 2.91. The molecule has 6 nitrogen and oxygen atoms in total. The molecule has 2 heterocycles. The number of carbonyl (C=O) groups excluding carboxylic acids is 1. The van der Waals surface area contributed by atoms with E-state index in [1.54, 1.807) is 18.1 Å². The third-order valence-corrected chi connectivity index (χ3v) is 7.38. The largest absolute Gasteiger partial charge is 0.385 e. The highest BCUT2D eigenvalue weighted by molar-refractivity contribution is 6.30. The maximum atomic E-state index is 13.9. The maximum absolute atomic E-state index is 13.9. The molecule has 2 aromatic carbocycles. The fraction of sp³-hybridized carbons (Fsp3) is 0.323. The summed E-state index contributed by atoms with van der Waals surface area (Å²) >= 11 is 6.34. The SMILES string of the molecule is COCCCN(Cc1cc2ccc(C)cc2nc1-c1cccc(Cl)c1)C(=O)c1cc2c([nH]c1=O)CCCC2. The van der Waals surface area contributed by atoms with Crippen LogP contribution in [0, 0.1) is 6.92 Å². The number of aromatic nitrogens is 2. The summed E-state index contributed by atoms with van der Waals surface area (Å²) in [5.41, 5.74) is 6.45. The fourth-order valence-electron chi connectivity index (χ4n) is 5.19. The molecule has 38 heavy (non-hydrogen) atoms. The highest BCUT2D eigenvalue weighted by Gasteiger charge is 2.23. The number of pyridine rings is 2. The monoisotopic (exact) mass is 529 g/mol. The molecule has 196 valence electrons. The van der Waals surface area contributed by atoms with Gasteiger partial charge in [-0.2, -0.15) is 0 Å². The number of amides is 1. The first-order chi connectivity index (χ1) is 18.4. The van der Waals surface area contributed by atoms with Gasteiger partial charge in [0.2, 0.25) is 0 Å². The van der Waals surface area contributed by atoms with E-state index in [4.69, 9.17) is 21.3 Å². The third kappa shape index (κ3) is 5.66. The number of benzene rings is 2. The first kappa shape index (κ1) is 26.1. The van der Waals surface area contributed by atoms with Gasteiger partial charge in [-0.25, -0.2) is 4.98 Å². The topological polar surface area (TPSA) is 75.3 Å². The van der Waals surface area contributed by atoms with E-state index in [1.165, 1.54) is 0 Å². The Labute approximate surface area is 227 Å². The molecule has 0 bridgehead atoms. The Morgan fingerprint density at radius 1 is 1.11 bits per heavy atom. The second-order valence-corrected chi connectivity index (χ2v) is 10.4. The van der Waals surface area contributed by atoms with Gasteiger partial charge >= 0.3 is 0 Å². The summed E-state index contributed by atoms with van der Waals surface area (Å²) in [4.78, 5) is 36.6.